The highest BCUT2D eigenvalue weighted by Crippen LogP contribution is 2.00. The molecular formula is C6H14FNO2S+. The minimum Gasteiger partial charge on any atom is -0.165 e. The van der Waals surface area contributed by atoms with Crippen LogP contribution in [0, 0.1) is 0 Å². The zero-order valence-electron chi connectivity index (χ0n) is 6.88. The Labute approximate surface area is 67.2 Å². The molecule has 0 spiro atoms. The fourth-order valence-corrected chi connectivity index (χ4v) is 1.85. The Morgan fingerprint density at radius 2 is 1.82 bits per heavy atom. The van der Waals surface area contributed by atoms with E-state index < -0.39 is 10.0 Å². The van der Waals surface area contributed by atoms with Gasteiger partial charge in [-0.3, -0.25) is 0 Å². The Hall–Kier alpha value is -0.160. The summed E-state index contributed by atoms with van der Waals surface area (Å²) in [6, 6.07) is 0. The van der Waals surface area contributed by atoms with Gasteiger partial charge in [0.25, 0.3) is 0 Å². The molecule has 0 rings (SSSR count). The number of halogens is 1. The van der Waals surface area contributed by atoms with Crippen LogP contribution in [0.15, 0.2) is 0 Å². The molecule has 0 aromatic heterocycles. The zero-order valence-corrected chi connectivity index (χ0v) is 7.69. The third-order valence-electron chi connectivity index (χ3n) is 1.16. The van der Waals surface area contributed by atoms with Gasteiger partial charge in [-0.2, -0.15) is 8.42 Å². The number of sulfonamides is 1. The normalized spacial score (nSPS) is 12.4. The number of hydrogen-bond donors (Lipinski definition) is 0. The third kappa shape index (κ3) is 3.67. The summed E-state index contributed by atoms with van der Waals surface area (Å²) < 4.78 is 34.3. The number of rotatable bonds is 5. The van der Waals surface area contributed by atoms with Crippen molar-refractivity contribution in [2.24, 2.45) is 0 Å². The quantitative estimate of drug-likeness (QED) is 0.600. The maximum absolute atomic E-state index is 12.6. The van der Waals surface area contributed by atoms with E-state index in [1.54, 1.807) is 13.8 Å². The van der Waals surface area contributed by atoms with Crippen molar-refractivity contribution in [3.8, 4) is 0 Å². The molecule has 67 valence electrons. The molecule has 0 aliphatic carbocycles. The van der Waals surface area contributed by atoms with E-state index in [1.165, 1.54) is 0 Å². The smallest absolute Gasteiger partial charge is 0.165 e. The van der Waals surface area contributed by atoms with Gasteiger partial charge in [0, 0.05) is 6.42 Å². The summed E-state index contributed by atoms with van der Waals surface area (Å²) in [5, 5.41) is 0. The number of nitrogens with zero attached hydrogens (tertiary/aromatic N) is 1. The van der Waals surface area contributed by atoms with Crippen LogP contribution in [0.3, 0.4) is 0 Å². The SMILES string of the molecule is CCC[N+](F)S(=O)(=O)CCC. The first-order valence-corrected chi connectivity index (χ1v) is 5.31. The van der Waals surface area contributed by atoms with Crippen molar-refractivity contribution in [1.29, 1.82) is 0 Å². The summed E-state index contributed by atoms with van der Waals surface area (Å²) in [6.45, 7) is 3.40. The molecular weight excluding hydrogens is 169 g/mol. The van der Waals surface area contributed by atoms with E-state index in [9.17, 15) is 12.9 Å². The van der Waals surface area contributed by atoms with Gasteiger partial charge in [-0.05, 0) is 6.42 Å². The van der Waals surface area contributed by atoms with E-state index in [2.05, 4.69) is 0 Å². The second kappa shape index (κ2) is 4.66. The van der Waals surface area contributed by atoms with Gasteiger partial charge in [-0.1, -0.05) is 13.8 Å². The lowest BCUT2D eigenvalue weighted by atomic mass is 10.5. The van der Waals surface area contributed by atoms with Crippen LogP contribution in [0.2, 0.25) is 0 Å². The molecule has 0 bridgehead atoms. The van der Waals surface area contributed by atoms with Crippen molar-refractivity contribution in [2.45, 2.75) is 26.7 Å². The second-order valence-corrected chi connectivity index (χ2v) is 4.30. The van der Waals surface area contributed by atoms with Crippen LogP contribution < -0.4 is 4.53 Å². The molecule has 5 heteroatoms. The zero-order chi connectivity index (χ0) is 8.91. The molecule has 0 N–H and O–H groups in total. The van der Waals surface area contributed by atoms with Gasteiger partial charge in [0.2, 0.25) is 0 Å². The molecule has 0 heterocycles. The lowest BCUT2D eigenvalue weighted by Gasteiger charge is -1.96. The Morgan fingerprint density at radius 3 is 2.18 bits per heavy atom. The minimum absolute atomic E-state index is 0.0394. The van der Waals surface area contributed by atoms with Crippen LogP contribution >= 0.6 is 0 Å². The third-order valence-corrected chi connectivity index (χ3v) is 2.87. The van der Waals surface area contributed by atoms with Crippen LogP contribution in [-0.2, 0) is 10.0 Å². The first-order valence-electron chi connectivity index (χ1n) is 3.70. The molecule has 0 fully saturated rings. The molecule has 11 heavy (non-hydrogen) atoms. The van der Waals surface area contributed by atoms with Gasteiger partial charge in [-0.25, -0.2) is 0 Å². The summed E-state index contributed by atoms with van der Waals surface area (Å²) in [4.78, 5) is 0. The van der Waals surface area contributed by atoms with Gasteiger partial charge >= 0.3 is 10.0 Å². The molecule has 0 saturated carbocycles. The topological polar surface area (TPSA) is 40.0 Å². The Bertz CT molecular complexity index is 191. The van der Waals surface area contributed by atoms with E-state index in [0.717, 1.165) is 0 Å². The standard InChI is InChI=1S/C6H14FNO2S/c1-3-5-8(7)11(9,10)6-4-2/h3-6H2,1-2H3/q+1. The second-order valence-electron chi connectivity index (χ2n) is 2.33. The van der Waals surface area contributed by atoms with Gasteiger partial charge in [0.1, 0.15) is 5.75 Å². The summed E-state index contributed by atoms with van der Waals surface area (Å²) in [7, 11) is -3.61. The largest absolute Gasteiger partial charge is 0.381 e. The minimum atomic E-state index is -3.61. The molecule has 0 aliphatic heterocycles. The van der Waals surface area contributed by atoms with Crippen molar-refractivity contribution in [3.63, 3.8) is 0 Å². The van der Waals surface area contributed by atoms with Crippen LogP contribution in [0.5, 0.6) is 0 Å². The summed E-state index contributed by atoms with van der Waals surface area (Å²) in [6.07, 6.45) is 0.950. The van der Waals surface area contributed by atoms with Crippen molar-refractivity contribution in [2.75, 3.05) is 12.3 Å². The maximum Gasteiger partial charge on any atom is 0.381 e. The monoisotopic (exact) mass is 183 g/mol. The summed E-state index contributed by atoms with van der Waals surface area (Å²) >= 11 is 0. The van der Waals surface area contributed by atoms with Crippen LogP contribution in [-0.4, -0.2) is 20.7 Å². The van der Waals surface area contributed by atoms with Crippen molar-refractivity contribution in [1.82, 2.24) is 4.53 Å². The van der Waals surface area contributed by atoms with Crippen LogP contribution in [0.4, 0.5) is 4.48 Å². The molecule has 0 amide bonds. The molecule has 0 aromatic carbocycles. The maximum atomic E-state index is 12.6. The highest BCUT2D eigenvalue weighted by Gasteiger charge is 2.32. The van der Waals surface area contributed by atoms with Crippen LogP contribution in [0.1, 0.15) is 26.7 Å². The van der Waals surface area contributed by atoms with E-state index in [0.29, 0.717) is 12.8 Å². The van der Waals surface area contributed by atoms with E-state index in [1.807, 2.05) is 0 Å². The summed E-state index contributed by atoms with van der Waals surface area (Å²) in [5.41, 5.74) is 0. The highest BCUT2D eigenvalue weighted by molar-refractivity contribution is 7.89. The Kier molecular flexibility index (Phi) is 4.60. The lowest BCUT2D eigenvalue weighted by molar-refractivity contribution is 0.248. The van der Waals surface area contributed by atoms with Gasteiger partial charge < -0.3 is 0 Å². The average molecular weight is 183 g/mol. The van der Waals surface area contributed by atoms with E-state index in [4.69, 9.17) is 0 Å². The summed E-state index contributed by atoms with van der Waals surface area (Å²) in [5.74, 6) is -0.108. The average Bonchev–Trinajstić information content (AvgIpc) is 1.88. The molecule has 0 aromatic rings. The predicted molar refractivity (Wildman–Crippen MR) is 42.5 cm³/mol. The van der Waals surface area contributed by atoms with Crippen molar-refractivity contribution in [3.05, 3.63) is 0 Å². The van der Waals surface area contributed by atoms with Crippen LogP contribution in [0.25, 0.3) is 0 Å². The predicted octanol–water partition coefficient (Wildman–Crippen LogP) is 1.16. The van der Waals surface area contributed by atoms with Gasteiger partial charge in [0.05, 0.1) is 4.48 Å². The highest BCUT2D eigenvalue weighted by atomic mass is 32.2. The van der Waals surface area contributed by atoms with Crippen molar-refractivity contribution < 1.29 is 12.9 Å². The molecule has 0 unspecified atom stereocenters. The van der Waals surface area contributed by atoms with Gasteiger partial charge in [-0.15, -0.1) is 0 Å². The molecule has 0 aliphatic rings. The number of hydrogen-bond acceptors (Lipinski definition) is 2. The lowest BCUT2D eigenvalue weighted by Crippen LogP contribution is -2.31. The van der Waals surface area contributed by atoms with E-state index in [-0.39, 0.29) is 16.8 Å². The first kappa shape index (κ1) is 10.8. The van der Waals surface area contributed by atoms with Gasteiger partial charge in [0.15, 0.2) is 11.1 Å². The molecule has 0 saturated heterocycles. The first-order chi connectivity index (χ1) is 5.04. The molecule has 1 radical (unpaired) electrons. The van der Waals surface area contributed by atoms with Crippen molar-refractivity contribution >= 4 is 10.0 Å². The fraction of sp³-hybridized carbons (Fsp3) is 1.00. The fourth-order valence-electron chi connectivity index (χ4n) is 0.672. The Balaban J connectivity index is 4.07. The van der Waals surface area contributed by atoms with E-state index >= 15 is 0 Å². The molecule has 3 nitrogen and oxygen atoms in total. The Morgan fingerprint density at radius 1 is 1.27 bits per heavy atom. The molecule has 0 atom stereocenters.